The maximum Gasteiger partial charge on any atom is 0.251 e. The van der Waals surface area contributed by atoms with Crippen LogP contribution in [0, 0.1) is 22.7 Å². The lowest BCUT2D eigenvalue weighted by Gasteiger charge is -2.43. The van der Waals surface area contributed by atoms with Gasteiger partial charge in [0, 0.05) is 49.4 Å². The lowest BCUT2D eigenvalue weighted by Crippen LogP contribution is -2.62. The molecule has 3 aromatic rings. The lowest BCUT2D eigenvalue weighted by molar-refractivity contribution is -0.151. The SMILES string of the molecule is CC[C@@H](C)C(=O)N[C@H](C(=O)N1CC[C@@H](OCc2ccc(C(=O)NC3C[C@@H](C(=O)NC4CCCc5ccccc54)N(C(=O)[C@@H](CC(=O)[C@H](C)NC)C(C)(C)C)C3)cc2)C[C@H]1C(=O)NC1CCCc2ccccc21)C(C)(C)C. The summed E-state index contributed by atoms with van der Waals surface area (Å²) in [6.07, 6.45) is 6.54. The number of fused-ring (bicyclic) bond motifs is 2. The predicted octanol–water partition coefficient (Wildman–Crippen LogP) is 7.46. The Morgan fingerprint density at radius 1 is 0.684 bits per heavy atom. The molecule has 7 rings (SSSR count). The van der Waals surface area contributed by atoms with Gasteiger partial charge in [0.15, 0.2) is 0 Å². The van der Waals surface area contributed by atoms with Crippen LogP contribution >= 0.6 is 0 Å². The number of likely N-dealkylation sites (N-methyl/N-ethyl adjacent to an activating group) is 1. The number of aryl methyl sites for hydroxylation is 2. The van der Waals surface area contributed by atoms with Crippen LogP contribution in [0.15, 0.2) is 72.8 Å². The zero-order chi connectivity index (χ0) is 55.1. The van der Waals surface area contributed by atoms with Gasteiger partial charge in [-0.15, -0.1) is 0 Å². The van der Waals surface area contributed by atoms with Crippen molar-refractivity contribution in [3.8, 4) is 0 Å². The van der Waals surface area contributed by atoms with Gasteiger partial charge in [-0.05, 0) is 123 Å². The number of rotatable bonds is 18. The maximum absolute atomic E-state index is 14.7. The van der Waals surface area contributed by atoms with E-state index < -0.39 is 47.0 Å². The van der Waals surface area contributed by atoms with E-state index in [4.69, 9.17) is 4.74 Å². The Morgan fingerprint density at radius 2 is 1.25 bits per heavy atom. The van der Waals surface area contributed by atoms with Crippen LogP contribution in [-0.2, 0) is 53.0 Å². The van der Waals surface area contributed by atoms with Gasteiger partial charge in [-0.2, -0.15) is 0 Å². The van der Waals surface area contributed by atoms with E-state index in [0.29, 0.717) is 18.4 Å². The van der Waals surface area contributed by atoms with Crippen molar-refractivity contribution in [1.29, 1.82) is 0 Å². The molecule has 0 radical (unpaired) electrons. The third-order valence-corrected chi connectivity index (χ3v) is 16.6. The third-order valence-electron chi connectivity index (χ3n) is 16.6. The van der Waals surface area contributed by atoms with Gasteiger partial charge < -0.3 is 41.1 Å². The Kier molecular flexibility index (Phi) is 19.0. The standard InChI is InChI=1S/C61H85N7O8/c1-11-37(2)54(70)66-53(61(7,8)9)59(75)67-31-30-44(33-51(67)57(73)65-49-25-17-21-41-19-13-15-23-46(41)49)76-36-39-26-28-42(29-27-39)55(71)63-43-32-50(56(72)64-48-24-16-20-40-18-12-14-22-45(40)48)68(35-43)58(74)47(60(4,5)6)34-52(69)38(3)62-10/h12-15,18-19,22-23,26-29,37-38,43-44,47-51,53,62H,11,16-17,20-21,24-25,30-36H2,1-10H3,(H,63,71)(H,64,72)(H,65,73)(H,66,70)/t37-,38+,43?,44-,47-,48?,49?,50+,51+,53-/m1/s1. The average molecular weight is 1040 g/mol. The van der Waals surface area contributed by atoms with Gasteiger partial charge in [-0.25, -0.2) is 0 Å². The molecule has 2 heterocycles. The molecule has 3 aromatic carbocycles. The number of likely N-dealkylation sites (tertiary alicyclic amines) is 2. The minimum atomic E-state index is -0.858. The number of carbonyl (C=O) groups is 7. The van der Waals surface area contributed by atoms with Crippen molar-refractivity contribution in [1.82, 2.24) is 36.4 Å². The normalized spacial score (nSPS) is 23.2. The summed E-state index contributed by atoms with van der Waals surface area (Å²) in [5, 5.41) is 15.7. The van der Waals surface area contributed by atoms with Crippen LogP contribution in [0.3, 0.4) is 0 Å². The van der Waals surface area contributed by atoms with Crippen LogP contribution in [0.25, 0.3) is 0 Å². The number of hydrogen-bond acceptors (Lipinski definition) is 9. The molecule has 0 aromatic heterocycles. The topological polar surface area (TPSA) is 195 Å². The van der Waals surface area contributed by atoms with E-state index in [1.807, 2.05) is 97.9 Å². The van der Waals surface area contributed by atoms with Crippen LogP contribution < -0.4 is 26.6 Å². The number of nitrogens with one attached hydrogen (secondary N) is 5. The minimum Gasteiger partial charge on any atom is -0.373 e. The van der Waals surface area contributed by atoms with E-state index in [2.05, 4.69) is 44.8 Å². The number of Topliss-reactive ketones (excluding diaryl/α,β-unsaturated/α-hetero) is 1. The summed E-state index contributed by atoms with van der Waals surface area (Å²) in [6.45, 7) is 17.7. The molecule has 15 nitrogen and oxygen atoms in total. The molecule has 4 aliphatic rings. The van der Waals surface area contributed by atoms with Gasteiger partial charge >= 0.3 is 0 Å². The second kappa shape index (κ2) is 25.0. The Bertz CT molecular complexity index is 2570. The fraction of sp³-hybridized carbons (Fsp3) is 0.590. The number of piperidine rings is 1. The van der Waals surface area contributed by atoms with Gasteiger partial charge in [-0.1, -0.05) is 116 Å². The highest BCUT2D eigenvalue weighted by Gasteiger charge is 2.47. The number of amides is 6. The van der Waals surface area contributed by atoms with Crippen molar-refractivity contribution in [2.75, 3.05) is 20.1 Å². The molecule has 2 aliphatic carbocycles. The number of ketones is 1. The summed E-state index contributed by atoms with van der Waals surface area (Å²) in [6, 6.07) is 19.5. The fourth-order valence-electron chi connectivity index (χ4n) is 11.4. The first-order valence-corrected chi connectivity index (χ1v) is 28.0. The Labute approximate surface area is 451 Å². The van der Waals surface area contributed by atoms with E-state index in [1.54, 1.807) is 35.9 Å². The predicted molar refractivity (Wildman–Crippen MR) is 294 cm³/mol. The molecule has 0 saturated carbocycles. The van der Waals surface area contributed by atoms with Crippen molar-refractivity contribution in [2.24, 2.45) is 22.7 Å². The summed E-state index contributed by atoms with van der Waals surface area (Å²) in [4.78, 5) is 102. The van der Waals surface area contributed by atoms with E-state index in [0.717, 1.165) is 55.2 Å². The summed E-state index contributed by atoms with van der Waals surface area (Å²) < 4.78 is 6.51. The number of nitrogens with zero attached hydrogens (tertiary/aromatic N) is 2. The molecule has 76 heavy (non-hydrogen) atoms. The summed E-state index contributed by atoms with van der Waals surface area (Å²) in [5.74, 6) is -2.71. The van der Waals surface area contributed by atoms with Crippen molar-refractivity contribution in [2.45, 2.75) is 188 Å². The van der Waals surface area contributed by atoms with Gasteiger partial charge in [-0.3, -0.25) is 33.6 Å². The Balaban J connectivity index is 1.03. The highest BCUT2D eigenvalue weighted by molar-refractivity contribution is 5.96. The van der Waals surface area contributed by atoms with E-state index >= 15 is 0 Å². The largest absolute Gasteiger partial charge is 0.373 e. The number of benzene rings is 3. The second-order valence-corrected chi connectivity index (χ2v) is 24.1. The second-order valence-electron chi connectivity index (χ2n) is 24.1. The first-order valence-electron chi connectivity index (χ1n) is 28.0. The van der Waals surface area contributed by atoms with Gasteiger partial charge in [0.05, 0.1) is 30.8 Å². The van der Waals surface area contributed by atoms with Crippen LogP contribution in [0.2, 0.25) is 0 Å². The summed E-state index contributed by atoms with van der Waals surface area (Å²) in [7, 11) is 1.71. The minimum absolute atomic E-state index is 0.0142. The summed E-state index contributed by atoms with van der Waals surface area (Å²) >= 11 is 0. The van der Waals surface area contributed by atoms with Crippen molar-refractivity contribution in [3.05, 3.63) is 106 Å². The molecule has 2 fully saturated rings. The molecule has 10 atom stereocenters. The number of hydrogen-bond donors (Lipinski definition) is 5. The smallest absolute Gasteiger partial charge is 0.251 e. The molecular weight excluding hydrogens is 959 g/mol. The molecule has 0 bridgehead atoms. The van der Waals surface area contributed by atoms with Crippen LogP contribution in [0.4, 0.5) is 0 Å². The molecular formula is C61H85N7O8. The molecule has 6 amide bonds. The molecule has 0 spiro atoms. The van der Waals surface area contributed by atoms with Crippen molar-refractivity contribution >= 4 is 41.2 Å². The zero-order valence-electron chi connectivity index (χ0n) is 46.8. The molecule has 2 aliphatic heterocycles. The van der Waals surface area contributed by atoms with Crippen molar-refractivity contribution in [3.63, 3.8) is 0 Å². The first kappa shape index (κ1) is 57.8. The van der Waals surface area contributed by atoms with Gasteiger partial charge in [0.2, 0.25) is 29.5 Å². The van der Waals surface area contributed by atoms with Gasteiger partial charge in [0.25, 0.3) is 5.91 Å². The highest BCUT2D eigenvalue weighted by atomic mass is 16.5. The third kappa shape index (κ3) is 14.0. The Morgan fingerprint density at radius 3 is 1.79 bits per heavy atom. The maximum atomic E-state index is 14.7. The highest BCUT2D eigenvalue weighted by Crippen LogP contribution is 2.36. The molecule has 3 unspecified atom stereocenters. The lowest BCUT2D eigenvalue weighted by atomic mass is 9.76. The molecule has 2 saturated heterocycles. The van der Waals surface area contributed by atoms with Crippen molar-refractivity contribution < 1.29 is 38.3 Å². The number of carbonyl (C=O) groups excluding carboxylic acids is 7. The number of ether oxygens (including phenoxy) is 1. The van der Waals surface area contributed by atoms with E-state index in [1.165, 1.54) is 11.1 Å². The van der Waals surface area contributed by atoms with Gasteiger partial charge in [0.1, 0.15) is 23.9 Å². The van der Waals surface area contributed by atoms with Crippen LogP contribution in [-0.4, -0.2) is 107 Å². The van der Waals surface area contributed by atoms with E-state index in [9.17, 15) is 33.6 Å². The average Bonchev–Trinajstić information content (AvgIpc) is 3.83. The zero-order valence-corrected chi connectivity index (χ0v) is 46.8. The van der Waals surface area contributed by atoms with E-state index in [-0.39, 0.29) is 104 Å². The summed E-state index contributed by atoms with van der Waals surface area (Å²) in [5.41, 5.74) is 4.58. The first-order chi connectivity index (χ1) is 36.1. The quantitative estimate of drug-likeness (QED) is 0.0860. The molecule has 412 valence electrons. The monoisotopic (exact) mass is 1040 g/mol. The van der Waals surface area contributed by atoms with Crippen LogP contribution in [0.5, 0.6) is 0 Å². The molecule has 15 heteroatoms. The molecule has 5 N–H and O–H groups in total. The fourth-order valence-corrected chi connectivity index (χ4v) is 11.4. The Hall–Kier alpha value is -5.93. The van der Waals surface area contributed by atoms with Crippen LogP contribution in [0.1, 0.15) is 170 Å².